The van der Waals surface area contributed by atoms with E-state index in [2.05, 4.69) is 10.2 Å². The summed E-state index contributed by atoms with van der Waals surface area (Å²) in [5, 5.41) is 8.50. The third-order valence-electron chi connectivity index (χ3n) is 2.78. The van der Waals surface area contributed by atoms with E-state index >= 15 is 0 Å². The summed E-state index contributed by atoms with van der Waals surface area (Å²) < 4.78 is 11.4. The van der Waals surface area contributed by atoms with Gasteiger partial charge in [-0.1, -0.05) is 0 Å². The predicted octanol–water partition coefficient (Wildman–Crippen LogP) is 3.98. The normalized spacial score (nSPS) is 10.3. The molecular weight excluding hydrogens is 464 g/mol. The van der Waals surface area contributed by atoms with Crippen LogP contribution in [0.1, 0.15) is 0 Å². The van der Waals surface area contributed by atoms with Gasteiger partial charge < -0.3 is 0 Å². The standard InChI is InChI=1S/C14H13N2O2.ClH.Hg/c1-17-13-7-3-11(4-8-13)15-16-12-5-9-14(18-2)10-6-12;;/h3-5,7-10H,1-2H3;1H;/q;;+1/p-1. The van der Waals surface area contributed by atoms with Crippen molar-refractivity contribution < 1.29 is 32.8 Å². The molecule has 0 bridgehead atoms. The molecule has 0 unspecified atom stereocenters. The van der Waals surface area contributed by atoms with Crippen molar-refractivity contribution >= 4 is 22.7 Å². The summed E-state index contributed by atoms with van der Waals surface area (Å²) in [5.41, 5.74) is 1.61. The van der Waals surface area contributed by atoms with E-state index in [0.29, 0.717) is 0 Å². The number of hydrogen-bond acceptors (Lipinski definition) is 4. The SMILES string of the molecule is COc1ccc(N=Nc2ccc(OC)c[c]2[Hg][Cl])cc1. The molecule has 0 atom stereocenters. The molecular formula is C14H13ClHgN2O2. The maximum atomic E-state index is 6.13. The van der Waals surface area contributed by atoms with Gasteiger partial charge in [0.15, 0.2) is 0 Å². The Hall–Kier alpha value is -1.13. The fraction of sp³-hybridized carbons (Fsp3) is 0.143. The van der Waals surface area contributed by atoms with Gasteiger partial charge in [-0.05, 0) is 0 Å². The predicted molar refractivity (Wildman–Crippen MR) is 75.7 cm³/mol. The van der Waals surface area contributed by atoms with Crippen LogP contribution in [0, 0.1) is 0 Å². The van der Waals surface area contributed by atoms with Crippen LogP contribution in [0.4, 0.5) is 11.4 Å². The first-order valence-electron chi connectivity index (χ1n) is 6.05. The number of methoxy groups -OCH3 is 2. The van der Waals surface area contributed by atoms with Gasteiger partial charge in [-0.3, -0.25) is 0 Å². The molecule has 0 fully saturated rings. The molecule has 0 aliphatic rings. The Morgan fingerprint density at radius 1 is 0.900 bits per heavy atom. The number of azo groups is 1. The molecule has 0 aromatic heterocycles. The van der Waals surface area contributed by atoms with Crippen molar-refractivity contribution in [2.75, 3.05) is 14.2 Å². The van der Waals surface area contributed by atoms with Gasteiger partial charge in [0.05, 0.1) is 0 Å². The molecule has 0 amide bonds. The Morgan fingerprint density at radius 3 is 2.15 bits per heavy atom. The number of hydrogen-bond donors (Lipinski definition) is 0. The summed E-state index contributed by atoms with van der Waals surface area (Å²) in [6.07, 6.45) is 0. The molecule has 2 rings (SSSR count). The van der Waals surface area contributed by atoms with Crippen LogP contribution in [-0.2, 0) is 23.3 Å². The summed E-state index contributed by atoms with van der Waals surface area (Å²) in [7, 11) is 9.41. The molecule has 0 saturated heterocycles. The summed E-state index contributed by atoms with van der Waals surface area (Å²) in [6, 6.07) is 13.1. The zero-order chi connectivity index (χ0) is 14.4. The molecule has 20 heavy (non-hydrogen) atoms. The Bertz CT molecular complexity index is 603. The number of rotatable bonds is 5. The van der Waals surface area contributed by atoms with E-state index in [0.717, 1.165) is 25.9 Å². The molecule has 4 nitrogen and oxygen atoms in total. The van der Waals surface area contributed by atoms with Crippen molar-refractivity contribution in [1.29, 1.82) is 0 Å². The molecule has 0 spiro atoms. The van der Waals surface area contributed by atoms with Crippen molar-refractivity contribution in [3.63, 3.8) is 0 Å². The first kappa shape index (κ1) is 15.3. The Morgan fingerprint density at radius 2 is 1.55 bits per heavy atom. The van der Waals surface area contributed by atoms with Gasteiger partial charge in [0, 0.05) is 0 Å². The van der Waals surface area contributed by atoms with Crippen LogP contribution in [0.5, 0.6) is 11.5 Å². The van der Waals surface area contributed by atoms with E-state index in [1.165, 1.54) is 0 Å². The van der Waals surface area contributed by atoms with Gasteiger partial charge in [0.2, 0.25) is 0 Å². The van der Waals surface area contributed by atoms with Crippen LogP contribution in [0.25, 0.3) is 0 Å². The molecule has 0 aliphatic heterocycles. The quantitative estimate of drug-likeness (QED) is 0.483. The van der Waals surface area contributed by atoms with Crippen molar-refractivity contribution in [2.24, 2.45) is 10.2 Å². The van der Waals surface area contributed by atoms with Gasteiger partial charge in [0.25, 0.3) is 0 Å². The first-order valence-corrected chi connectivity index (χ1v) is 15.6. The van der Waals surface area contributed by atoms with Gasteiger partial charge >= 0.3 is 134 Å². The first-order chi connectivity index (χ1) is 9.76. The monoisotopic (exact) mass is 478 g/mol. The molecule has 2 aromatic carbocycles. The average Bonchev–Trinajstić information content (AvgIpc) is 2.53. The topological polar surface area (TPSA) is 43.2 Å². The Labute approximate surface area is 133 Å². The van der Waals surface area contributed by atoms with E-state index in [1.807, 2.05) is 42.5 Å². The fourth-order valence-electron chi connectivity index (χ4n) is 1.65. The van der Waals surface area contributed by atoms with E-state index in [4.69, 9.17) is 17.7 Å². The van der Waals surface area contributed by atoms with E-state index in [1.54, 1.807) is 14.2 Å². The molecule has 0 radical (unpaired) electrons. The molecule has 100 valence electrons. The summed E-state index contributed by atoms with van der Waals surface area (Å²) in [5.74, 6) is 1.61. The fourth-order valence-corrected chi connectivity index (χ4v) is 5.88. The van der Waals surface area contributed by atoms with E-state index in [9.17, 15) is 0 Å². The molecule has 0 heterocycles. The van der Waals surface area contributed by atoms with Crippen LogP contribution in [0.3, 0.4) is 0 Å². The second-order valence-corrected chi connectivity index (χ2v) is 10.4. The van der Waals surface area contributed by atoms with E-state index < -0.39 is 23.3 Å². The zero-order valence-electron chi connectivity index (χ0n) is 11.3. The van der Waals surface area contributed by atoms with Crippen LogP contribution in [0.2, 0.25) is 0 Å². The van der Waals surface area contributed by atoms with Crippen molar-refractivity contribution in [3.05, 3.63) is 42.5 Å². The van der Waals surface area contributed by atoms with Gasteiger partial charge in [0.1, 0.15) is 0 Å². The Balaban J connectivity index is 2.21. The van der Waals surface area contributed by atoms with Crippen LogP contribution in [-0.4, -0.2) is 14.2 Å². The second-order valence-electron chi connectivity index (χ2n) is 4.03. The number of nitrogens with zero attached hydrogens (tertiary/aromatic N) is 2. The number of halogens is 1. The maximum absolute atomic E-state index is 6.13. The van der Waals surface area contributed by atoms with E-state index in [-0.39, 0.29) is 0 Å². The van der Waals surface area contributed by atoms with Crippen molar-refractivity contribution in [2.45, 2.75) is 0 Å². The molecule has 0 saturated carbocycles. The average molecular weight is 477 g/mol. The Kier molecular flexibility index (Phi) is 5.79. The van der Waals surface area contributed by atoms with Gasteiger partial charge in [-0.15, -0.1) is 0 Å². The minimum atomic E-state index is -1.59. The molecule has 0 aliphatic carbocycles. The second kappa shape index (κ2) is 7.60. The summed E-state index contributed by atoms with van der Waals surface area (Å²) in [4.78, 5) is 0. The van der Waals surface area contributed by atoms with Crippen LogP contribution >= 0.6 is 8.25 Å². The van der Waals surface area contributed by atoms with Crippen molar-refractivity contribution in [3.8, 4) is 11.5 Å². The third-order valence-corrected chi connectivity index (χ3v) is 8.62. The van der Waals surface area contributed by atoms with Gasteiger partial charge in [-0.2, -0.15) is 0 Å². The number of benzene rings is 2. The number of ether oxygens (including phenoxy) is 2. The van der Waals surface area contributed by atoms with Gasteiger partial charge in [-0.25, -0.2) is 0 Å². The minimum absolute atomic E-state index is 0.777. The van der Waals surface area contributed by atoms with Crippen LogP contribution < -0.4 is 12.5 Å². The zero-order valence-corrected chi connectivity index (χ0v) is 17.6. The molecule has 0 N–H and O–H groups in total. The molecule has 6 heteroatoms. The van der Waals surface area contributed by atoms with Crippen molar-refractivity contribution in [1.82, 2.24) is 0 Å². The molecule has 2 aromatic rings. The summed E-state index contributed by atoms with van der Waals surface area (Å²) in [6.45, 7) is 0. The third kappa shape index (κ3) is 3.93. The summed E-state index contributed by atoms with van der Waals surface area (Å²) >= 11 is -1.59. The van der Waals surface area contributed by atoms with Crippen LogP contribution in [0.15, 0.2) is 52.7 Å².